The number of H-pyrrole nitrogens is 1. The summed E-state index contributed by atoms with van der Waals surface area (Å²) in [4.78, 5) is 30.6. The van der Waals surface area contributed by atoms with E-state index in [1.807, 2.05) is 61.5 Å². The van der Waals surface area contributed by atoms with Crippen molar-refractivity contribution in [3.8, 4) is 0 Å². The summed E-state index contributed by atoms with van der Waals surface area (Å²) >= 11 is 0. The molecule has 0 aliphatic heterocycles. The fraction of sp³-hybridized carbons (Fsp3) is 0.214. The van der Waals surface area contributed by atoms with Crippen molar-refractivity contribution in [2.45, 2.75) is 38.4 Å². The molecule has 0 saturated carbocycles. The summed E-state index contributed by atoms with van der Waals surface area (Å²) in [7, 11) is 0. The molecule has 1 aromatic heterocycles. The van der Waals surface area contributed by atoms with Crippen LogP contribution in [-0.2, 0) is 17.8 Å². The van der Waals surface area contributed by atoms with Gasteiger partial charge in [-0.25, -0.2) is 9.18 Å². The van der Waals surface area contributed by atoms with E-state index in [4.69, 9.17) is 0 Å². The Hall–Kier alpha value is -4.13. The molecule has 0 radical (unpaired) electrons. The average molecular weight is 474 g/mol. The first-order chi connectivity index (χ1) is 16.8. The Labute approximate surface area is 203 Å². The second kappa shape index (κ2) is 10.0. The maximum atomic E-state index is 13.9. The Kier molecular flexibility index (Phi) is 6.87. The molecule has 7 heteroatoms. The number of hydrogen-bond acceptors (Lipinski definition) is 2. The summed E-state index contributed by atoms with van der Waals surface area (Å²) in [5.74, 6) is -0.897. The van der Waals surface area contributed by atoms with Gasteiger partial charge in [0.2, 0.25) is 5.91 Å². The van der Waals surface area contributed by atoms with E-state index in [9.17, 15) is 19.1 Å². The number of hydrogen-bond donors (Lipinski definition) is 3. The smallest absolute Gasteiger partial charge is 0.408 e. The van der Waals surface area contributed by atoms with Crippen LogP contribution in [0.1, 0.15) is 36.6 Å². The molecule has 4 aromatic rings. The van der Waals surface area contributed by atoms with Gasteiger partial charge in [-0.3, -0.25) is 9.69 Å². The number of carbonyl (C=O) groups excluding carboxylic acids is 1. The quantitative estimate of drug-likeness (QED) is 0.308. The van der Waals surface area contributed by atoms with Crippen molar-refractivity contribution in [2.24, 2.45) is 0 Å². The van der Waals surface area contributed by atoms with E-state index in [1.165, 1.54) is 18.2 Å². The number of carbonyl (C=O) groups is 2. The summed E-state index contributed by atoms with van der Waals surface area (Å²) in [6.07, 6.45) is 0.671. The van der Waals surface area contributed by atoms with Gasteiger partial charge < -0.3 is 15.4 Å². The van der Waals surface area contributed by atoms with Crippen LogP contribution in [0.15, 0.2) is 85.1 Å². The summed E-state index contributed by atoms with van der Waals surface area (Å²) < 4.78 is 13.9. The third kappa shape index (κ3) is 5.19. The molecule has 0 bridgehead atoms. The molecule has 0 saturated heterocycles. The molecule has 6 nitrogen and oxygen atoms in total. The SMILES string of the molecule is CC(NC(=O)C(C)(Cc1c[nH]c2ccccc12)N(Cc1cccc(F)c1)C(=O)O)c1ccccc1. The maximum absolute atomic E-state index is 13.9. The minimum absolute atomic E-state index is 0.131. The van der Waals surface area contributed by atoms with Crippen LogP contribution in [0.25, 0.3) is 10.9 Å². The second-order valence-corrected chi connectivity index (χ2v) is 8.91. The molecule has 3 aromatic carbocycles. The number of rotatable bonds is 8. The average Bonchev–Trinajstić information content (AvgIpc) is 3.25. The van der Waals surface area contributed by atoms with Crippen LogP contribution < -0.4 is 5.32 Å². The molecule has 2 unspecified atom stereocenters. The third-order valence-electron chi connectivity index (χ3n) is 6.40. The highest BCUT2D eigenvalue weighted by atomic mass is 19.1. The van der Waals surface area contributed by atoms with Gasteiger partial charge in [-0.1, -0.05) is 60.7 Å². The normalized spacial score (nSPS) is 13.7. The Morgan fingerprint density at radius 2 is 1.77 bits per heavy atom. The zero-order valence-electron chi connectivity index (χ0n) is 19.7. The van der Waals surface area contributed by atoms with Gasteiger partial charge in [0.25, 0.3) is 0 Å². The van der Waals surface area contributed by atoms with Crippen molar-refractivity contribution in [1.82, 2.24) is 15.2 Å². The van der Waals surface area contributed by atoms with Gasteiger partial charge in [-0.15, -0.1) is 0 Å². The minimum atomic E-state index is -1.48. The number of benzene rings is 3. The van der Waals surface area contributed by atoms with Gasteiger partial charge in [-0.2, -0.15) is 0 Å². The van der Waals surface area contributed by atoms with E-state index >= 15 is 0 Å². The lowest BCUT2D eigenvalue weighted by atomic mass is 9.88. The monoisotopic (exact) mass is 473 g/mol. The molecule has 2 atom stereocenters. The summed E-state index contributed by atoms with van der Waals surface area (Å²) in [6, 6.07) is 22.6. The molecule has 2 amide bonds. The largest absolute Gasteiger partial charge is 0.465 e. The molecule has 35 heavy (non-hydrogen) atoms. The van der Waals surface area contributed by atoms with Crippen molar-refractivity contribution in [3.05, 3.63) is 108 Å². The predicted octanol–water partition coefficient (Wildman–Crippen LogP) is 5.67. The maximum Gasteiger partial charge on any atom is 0.408 e. The van der Waals surface area contributed by atoms with Gasteiger partial charge in [0.1, 0.15) is 11.4 Å². The van der Waals surface area contributed by atoms with Crippen LogP contribution in [0.2, 0.25) is 0 Å². The van der Waals surface area contributed by atoms with Crippen LogP contribution in [0.5, 0.6) is 0 Å². The number of aromatic amines is 1. The van der Waals surface area contributed by atoms with E-state index in [1.54, 1.807) is 19.2 Å². The Morgan fingerprint density at radius 3 is 2.49 bits per heavy atom. The van der Waals surface area contributed by atoms with Crippen LogP contribution >= 0.6 is 0 Å². The highest BCUT2D eigenvalue weighted by molar-refractivity contribution is 5.91. The van der Waals surface area contributed by atoms with Crippen molar-refractivity contribution in [2.75, 3.05) is 0 Å². The third-order valence-corrected chi connectivity index (χ3v) is 6.40. The number of halogens is 1. The summed E-state index contributed by atoms with van der Waals surface area (Å²) in [5.41, 5.74) is 1.60. The lowest BCUT2D eigenvalue weighted by Crippen LogP contribution is -2.59. The lowest BCUT2D eigenvalue weighted by Gasteiger charge is -2.39. The van der Waals surface area contributed by atoms with E-state index in [0.29, 0.717) is 5.56 Å². The molecular weight excluding hydrogens is 445 g/mol. The van der Waals surface area contributed by atoms with Crippen LogP contribution in [-0.4, -0.2) is 32.5 Å². The molecule has 3 N–H and O–H groups in total. The molecule has 0 aliphatic carbocycles. The number of nitrogens with one attached hydrogen (secondary N) is 2. The fourth-order valence-electron chi connectivity index (χ4n) is 4.40. The number of amides is 2. The van der Waals surface area contributed by atoms with Crippen molar-refractivity contribution in [1.29, 1.82) is 0 Å². The number of carboxylic acid groups (broad SMARTS) is 1. The summed E-state index contributed by atoms with van der Waals surface area (Å²) in [5, 5.41) is 14.1. The first-order valence-electron chi connectivity index (χ1n) is 11.4. The van der Waals surface area contributed by atoms with Gasteiger partial charge in [-0.05, 0) is 48.7 Å². The molecule has 4 rings (SSSR count). The van der Waals surface area contributed by atoms with E-state index in [0.717, 1.165) is 26.9 Å². The highest BCUT2D eigenvalue weighted by Crippen LogP contribution is 2.29. The number of nitrogens with zero attached hydrogens (tertiary/aromatic N) is 1. The number of para-hydroxylation sites is 1. The summed E-state index contributed by atoms with van der Waals surface area (Å²) in [6.45, 7) is 3.34. The molecule has 0 spiro atoms. The molecule has 0 aliphatic rings. The van der Waals surface area contributed by atoms with Gasteiger partial charge in [0.05, 0.1) is 12.6 Å². The van der Waals surface area contributed by atoms with Crippen molar-refractivity contribution < 1.29 is 19.1 Å². The number of fused-ring (bicyclic) bond motifs is 1. The Balaban J connectivity index is 1.73. The number of aromatic nitrogens is 1. The molecule has 180 valence electrons. The topological polar surface area (TPSA) is 85.4 Å². The first-order valence-corrected chi connectivity index (χ1v) is 11.4. The van der Waals surface area contributed by atoms with E-state index < -0.39 is 23.4 Å². The molecular formula is C28H28FN3O3. The fourth-order valence-corrected chi connectivity index (χ4v) is 4.40. The van der Waals surface area contributed by atoms with Crippen LogP contribution in [0.3, 0.4) is 0 Å². The van der Waals surface area contributed by atoms with Crippen molar-refractivity contribution >= 4 is 22.9 Å². The Bertz CT molecular complexity index is 1340. The molecule has 0 fully saturated rings. The standard InChI is InChI=1S/C28H28FN3O3/c1-19(21-10-4-3-5-11-21)31-26(33)28(2,16-22-17-30-25-14-7-6-13-24(22)25)32(27(34)35)18-20-9-8-12-23(29)15-20/h3-15,17,19,30H,16,18H2,1-2H3,(H,31,33)(H,34,35). The zero-order valence-corrected chi connectivity index (χ0v) is 19.7. The predicted molar refractivity (Wildman–Crippen MR) is 133 cm³/mol. The van der Waals surface area contributed by atoms with Crippen LogP contribution in [0.4, 0.5) is 9.18 Å². The van der Waals surface area contributed by atoms with Crippen molar-refractivity contribution in [3.63, 3.8) is 0 Å². The van der Waals surface area contributed by atoms with Gasteiger partial charge >= 0.3 is 6.09 Å². The molecule has 1 heterocycles. The second-order valence-electron chi connectivity index (χ2n) is 8.91. The van der Waals surface area contributed by atoms with Crippen LogP contribution in [0, 0.1) is 5.82 Å². The van der Waals surface area contributed by atoms with Gasteiger partial charge in [0, 0.05) is 23.5 Å². The Morgan fingerprint density at radius 1 is 1.06 bits per heavy atom. The van der Waals surface area contributed by atoms with E-state index in [2.05, 4.69) is 10.3 Å². The zero-order chi connectivity index (χ0) is 25.0. The van der Waals surface area contributed by atoms with E-state index in [-0.39, 0.29) is 19.0 Å². The van der Waals surface area contributed by atoms with Gasteiger partial charge in [0.15, 0.2) is 0 Å². The lowest BCUT2D eigenvalue weighted by molar-refractivity contribution is -0.132. The minimum Gasteiger partial charge on any atom is -0.465 e. The first kappa shape index (κ1) is 24.0. The highest BCUT2D eigenvalue weighted by Gasteiger charge is 2.43.